The van der Waals surface area contributed by atoms with Crippen LogP contribution in [0.25, 0.3) is 5.69 Å². The molecule has 0 aliphatic heterocycles. The van der Waals surface area contributed by atoms with E-state index in [0.717, 1.165) is 23.4 Å². The summed E-state index contributed by atoms with van der Waals surface area (Å²) >= 11 is 0. The summed E-state index contributed by atoms with van der Waals surface area (Å²) in [5.74, 6) is -0.838. The fraction of sp³-hybridized carbons (Fsp3) is 0.444. The van der Waals surface area contributed by atoms with Gasteiger partial charge in [0, 0.05) is 31.8 Å². The highest BCUT2D eigenvalue weighted by molar-refractivity contribution is 5.43. The number of aromatic nitrogens is 2. The van der Waals surface area contributed by atoms with Gasteiger partial charge in [0.05, 0.1) is 29.7 Å². The summed E-state index contributed by atoms with van der Waals surface area (Å²) in [5, 5.41) is 15.2. The van der Waals surface area contributed by atoms with Crippen molar-refractivity contribution in [2.75, 3.05) is 19.8 Å². The molecule has 1 atom stereocenters. The number of halogens is 2. The minimum atomic E-state index is -0.798. The third-order valence-corrected chi connectivity index (χ3v) is 5.54. The molecule has 0 aliphatic carbocycles. The summed E-state index contributed by atoms with van der Waals surface area (Å²) in [7, 11) is 0. The van der Waals surface area contributed by atoms with E-state index in [-0.39, 0.29) is 18.4 Å². The molecule has 0 bridgehead atoms. The summed E-state index contributed by atoms with van der Waals surface area (Å²) in [6, 6.07) is 12.7. The summed E-state index contributed by atoms with van der Waals surface area (Å²) < 4.78 is 41.2. The van der Waals surface area contributed by atoms with Crippen LogP contribution in [-0.2, 0) is 11.3 Å². The fourth-order valence-corrected chi connectivity index (χ4v) is 3.66. The van der Waals surface area contributed by atoms with Gasteiger partial charge in [0.1, 0.15) is 5.82 Å². The second-order valence-electron chi connectivity index (χ2n) is 9.40. The van der Waals surface area contributed by atoms with Crippen molar-refractivity contribution in [3.05, 3.63) is 71.4 Å². The molecule has 3 aromatic rings. The highest BCUT2D eigenvalue weighted by Gasteiger charge is 2.24. The van der Waals surface area contributed by atoms with Gasteiger partial charge in [0.2, 0.25) is 5.88 Å². The Kier molecular flexibility index (Phi) is 9.37. The zero-order valence-electron chi connectivity index (χ0n) is 21.0. The molecular weight excluding hydrogens is 452 g/mol. The van der Waals surface area contributed by atoms with Gasteiger partial charge in [-0.15, -0.1) is 0 Å². The molecule has 8 heteroatoms. The first-order valence-corrected chi connectivity index (χ1v) is 11.9. The zero-order valence-corrected chi connectivity index (χ0v) is 21.0. The maximum atomic E-state index is 14.5. The normalized spacial score (nSPS) is 12.7. The van der Waals surface area contributed by atoms with Gasteiger partial charge in [-0.2, -0.15) is 5.10 Å². The van der Waals surface area contributed by atoms with Crippen molar-refractivity contribution >= 4 is 0 Å². The minimum absolute atomic E-state index is 0.0945. The summed E-state index contributed by atoms with van der Waals surface area (Å²) in [6.45, 7) is 11.7. The third-order valence-electron chi connectivity index (χ3n) is 5.54. The van der Waals surface area contributed by atoms with Crippen LogP contribution in [0.15, 0.2) is 48.5 Å². The molecule has 35 heavy (non-hydrogen) atoms. The van der Waals surface area contributed by atoms with Crippen LogP contribution < -0.4 is 4.74 Å². The van der Waals surface area contributed by atoms with E-state index in [9.17, 15) is 13.9 Å². The number of hydrogen-bond donors (Lipinski definition) is 1. The summed E-state index contributed by atoms with van der Waals surface area (Å²) in [4.78, 5) is 2.09. The lowest BCUT2D eigenvalue weighted by Gasteiger charge is -2.29. The standard InChI is InChI=1S/C27H35F2N3O3/c1-18(2)16-34-17-23(33)14-31(19(3)4)15-24-20(5)30-32(22-9-7-6-8-10-22)27(24)35-26-12-11-21(28)13-25(26)29/h6-13,18-19,23,33H,14-17H2,1-5H3/t23-/m0/s1. The maximum absolute atomic E-state index is 14.5. The number of hydrogen-bond acceptors (Lipinski definition) is 5. The average Bonchev–Trinajstić information content (AvgIpc) is 3.10. The molecule has 1 heterocycles. The van der Waals surface area contributed by atoms with E-state index in [4.69, 9.17) is 9.47 Å². The second-order valence-corrected chi connectivity index (χ2v) is 9.40. The molecule has 1 aromatic heterocycles. The second kappa shape index (κ2) is 12.2. The van der Waals surface area contributed by atoms with E-state index in [1.165, 1.54) is 6.07 Å². The number of rotatable bonds is 12. The predicted octanol–water partition coefficient (Wildman–Crippen LogP) is 5.50. The number of ether oxygens (including phenoxy) is 2. The first kappa shape index (κ1) is 26.8. The molecule has 190 valence electrons. The smallest absolute Gasteiger partial charge is 0.227 e. The lowest BCUT2D eigenvalue weighted by Crippen LogP contribution is -2.39. The van der Waals surface area contributed by atoms with Gasteiger partial charge in [-0.25, -0.2) is 13.5 Å². The van der Waals surface area contributed by atoms with Gasteiger partial charge in [0.15, 0.2) is 11.6 Å². The number of aliphatic hydroxyl groups excluding tert-OH is 1. The van der Waals surface area contributed by atoms with E-state index in [0.29, 0.717) is 37.2 Å². The Morgan fingerprint density at radius 1 is 1.03 bits per heavy atom. The third kappa shape index (κ3) is 7.34. The molecule has 0 aliphatic rings. The van der Waals surface area contributed by atoms with Gasteiger partial charge < -0.3 is 14.6 Å². The fourth-order valence-electron chi connectivity index (χ4n) is 3.66. The van der Waals surface area contributed by atoms with E-state index < -0.39 is 17.7 Å². The molecule has 0 spiro atoms. The topological polar surface area (TPSA) is 59.8 Å². The molecule has 0 amide bonds. The van der Waals surface area contributed by atoms with Crippen molar-refractivity contribution < 1.29 is 23.4 Å². The molecule has 0 fully saturated rings. The van der Waals surface area contributed by atoms with Gasteiger partial charge >= 0.3 is 0 Å². The number of aliphatic hydroxyl groups is 1. The average molecular weight is 488 g/mol. The Morgan fingerprint density at radius 3 is 2.37 bits per heavy atom. The van der Waals surface area contributed by atoms with Gasteiger partial charge in [-0.3, -0.25) is 4.90 Å². The van der Waals surface area contributed by atoms with Crippen LogP contribution in [0.4, 0.5) is 8.78 Å². The van der Waals surface area contributed by atoms with Crippen molar-refractivity contribution in [1.29, 1.82) is 0 Å². The Balaban J connectivity index is 1.92. The SMILES string of the molecule is Cc1nn(-c2ccccc2)c(Oc2ccc(F)cc2F)c1CN(C[C@H](O)COCC(C)C)C(C)C. The lowest BCUT2D eigenvalue weighted by molar-refractivity contribution is 0.00160. The predicted molar refractivity (Wildman–Crippen MR) is 132 cm³/mol. The Bertz CT molecular complexity index is 1090. The van der Waals surface area contributed by atoms with Crippen LogP contribution in [0.2, 0.25) is 0 Å². The Morgan fingerprint density at radius 2 is 1.74 bits per heavy atom. The summed E-state index contributed by atoms with van der Waals surface area (Å²) in [6.07, 6.45) is -0.667. The summed E-state index contributed by atoms with van der Waals surface area (Å²) in [5.41, 5.74) is 2.21. The molecule has 0 unspecified atom stereocenters. The largest absolute Gasteiger partial charge is 0.435 e. The molecule has 3 rings (SSSR count). The Labute approximate surface area is 206 Å². The van der Waals surface area contributed by atoms with Crippen molar-refractivity contribution in [2.45, 2.75) is 53.3 Å². The van der Waals surface area contributed by atoms with E-state index in [1.54, 1.807) is 4.68 Å². The molecule has 0 radical (unpaired) electrons. The first-order valence-electron chi connectivity index (χ1n) is 11.9. The Hall–Kier alpha value is -2.81. The first-order chi connectivity index (χ1) is 16.7. The van der Waals surface area contributed by atoms with Crippen LogP contribution in [0.3, 0.4) is 0 Å². The van der Waals surface area contributed by atoms with Crippen LogP contribution in [0.5, 0.6) is 11.6 Å². The number of para-hydroxylation sites is 1. The van der Waals surface area contributed by atoms with E-state index >= 15 is 0 Å². The number of nitrogens with zero attached hydrogens (tertiary/aromatic N) is 3. The van der Waals surface area contributed by atoms with Crippen LogP contribution in [-0.4, -0.2) is 51.7 Å². The van der Waals surface area contributed by atoms with Crippen molar-refractivity contribution in [3.8, 4) is 17.3 Å². The minimum Gasteiger partial charge on any atom is -0.435 e. The van der Waals surface area contributed by atoms with Gasteiger partial charge in [0.25, 0.3) is 0 Å². The molecule has 0 saturated heterocycles. The number of aryl methyl sites for hydroxylation is 1. The van der Waals surface area contributed by atoms with Crippen LogP contribution in [0.1, 0.15) is 39.0 Å². The van der Waals surface area contributed by atoms with Gasteiger partial charge in [-0.05, 0) is 51.0 Å². The molecule has 6 nitrogen and oxygen atoms in total. The van der Waals surface area contributed by atoms with Gasteiger partial charge in [-0.1, -0.05) is 32.0 Å². The lowest BCUT2D eigenvalue weighted by atomic mass is 10.2. The highest BCUT2D eigenvalue weighted by atomic mass is 19.1. The quantitative estimate of drug-likeness (QED) is 0.366. The highest BCUT2D eigenvalue weighted by Crippen LogP contribution is 2.33. The van der Waals surface area contributed by atoms with Crippen LogP contribution in [0, 0.1) is 24.5 Å². The monoisotopic (exact) mass is 487 g/mol. The molecule has 2 aromatic carbocycles. The number of benzene rings is 2. The molecular formula is C27H35F2N3O3. The van der Waals surface area contributed by atoms with Crippen molar-refractivity contribution in [1.82, 2.24) is 14.7 Å². The zero-order chi connectivity index (χ0) is 25.5. The van der Waals surface area contributed by atoms with Crippen molar-refractivity contribution in [3.63, 3.8) is 0 Å². The van der Waals surface area contributed by atoms with Crippen LogP contribution >= 0.6 is 0 Å². The van der Waals surface area contributed by atoms with Crippen molar-refractivity contribution in [2.24, 2.45) is 5.92 Å². The molecule has 1 N–H and O–H groups in total. The molecule has 0 saturated carbocycles. The van der Waals surface area contributed by atoms with E-state index in [2.05, 4.69) is 23.8 Å². The maximum Gasteiger partial charge on any atom is 0.227 e. The van der Waals surface area contributed by atoms with E-state index in [1.807, 2.05) is 51.1 Å².